The second kappa shape index (κ2) is 7.69. The van der Waals surface area contributed by atoms with Gasteiger partial charge in [-0.15, -0.1) is 0 Å². The first-order valence-corrected chi connectivity index (χ1v) is 6.21. The van der Waals surface area contributed by atoms with E-state index in [1.807, 2.05) is 20.1 Å². The van der Waals surface area contributed by atoms with Crippen LogP contribution in [0.15, 0.2) is 0 Å². The molecule has 0 saturated heterocycles. The third kappa shape index (κ3) is 5.13. The molecule has 0 heterocycles. The van der Waals surface area contributed by atoms with Crippen molar-refractivity contribution in [2.45, 2.75) is 20.3 Å². The minimum absolute atomic E-state index is 0.0758. The Morgan fingerprint density at radius 1 is 1.64 bits per heavy atom. The minimum atomic E-state index is -0.0758. The van der Waals surface area contributed by atoms with Gasteiger partial charge < -0.3 is 4.90 Å². The Morgan fingerprint density at radius 2 is 2.29 bits per heavy atom. The van der Waals surface area contributed by atoms with Gasteiger partial charge in [-0.1, -0.05) is 0 Å². The fourth-order valence-electron chi connectivity index (χ4n) is 1.13. The number of amides is 1. The van der Waals surface area contributed by atoms with E-state index in [0.29, 0.717) is 19.5 Å². The van der Waals surface area contributed by atoms with Crippen LogP contribution in [-0.4, -0.2) is 35.9 Å². The maximum Gasteiger partial charge on any atom is 0.223 e. The van der Waals surface area contributed by atoms with Crippen LogP contribution in [-0.2, 0) is 4.79 Å². The number of nitrogens with zero attached hydrogens (tertiary/aromatic N) is 2. The van der Waals surface area contributed by atoms with Gasteiger partial charge in [0, 0.05) is 25.3 Å². The van der Waals surface area contributed by atoms with Gasteiger partial charge in [0.15, 0.2) is 0 Å². The highest BCUT2D eigenvalue weighted by Crippen LogP contribution is 2.04. The lowest BCUT2D eigenvalue weighted by Crippen LogP contribution is -2.34. The predicted molar refractivity (Wildman–Crippen MR) is 60.0 cm³/mol. The van der Waals surface area contributed by atoms with Gasteiger partial charge in [0.25, 0.3) is 0 Å². The summed E-state index contributed by atoms with van der Waals surface area (Å²) >= 11 is 1.67. The van der Waals surface area contributed by atoms with E-state index in [9.17, 15) is 4.79 Å². The normalized spacial score (nSPS) is 11.9. The Morgan fingerprint density at radius 3 is 2.71 bits per heavy atom. The molecule has 0 aromatic heterocycles. The molecule has 0 saturated carbocycles. The number of hydrogen-bond acceptors (Lipinski definition) is 3. The fourth-order valence-corrected chi connectivity index (χ4v) is 1.50. The molecule has 0 rings (SSSR count). The number of carbonyl (C=O) groups is 1. The molecule has 1 atom stereocenters. The molecule has 0 bridgehead atoms. The number of thioether (sulfide) groups is 1. The average Bonchev–Trinajstić information content (AvgIpc) is 2.21. The van der Waals surface area contributed by atoms with E-state index in [1.165, 1.54) is 0 Å². The summed E-state index contributed by atoms with van der Waals surface area (Å²) in [4.78, 5) is 13.3. The highest BCUT2D eigenvalue weighted by molar-refractivity contribution is 7.98. The summed E-state index contributed by atoms with van der Waals surface area (Å²) in [5.41, 5.74) is 0. The zero-order chi connectivity index (χ0) is 11.0. The van der Waals surface area contributed by atoms with Gasteiger partial charge in [0.2, 0.25) is 5.91 Å². The summed E-state index contributed by atoms with van der Waals surface area (Å²) in [6.07, 6.45) is 2.56. The van der Waals surface area contributed by atoms with Crippen LogP contribution in [0.4, 0.5) is 0 Å². The maximum absolute atomic E-state index is 11.6. The van der Waals surface area contributed by atoms with Gasteiger partial charge >= 0.3 is 0 Å². The molecule has 1 amide bonds. The second-order valence-corrected chi connectivity index (χ2v) is 4.19. The molecular weight excluding hydrogens is 196 g/mol. The predicted octanol–water partition coefficient (Wildman–Crippen LogP) is 1.75. The van der Waals surface area contributed by atoms with Gasteiger partial charge in [-0.3, -0.25) is 4.79 Å². The summed E-state index contributed by atoms with van der Waals surface area (Å²) in [5, 5.41) is 8.64. The summed E-state index contributed by atoms with van der Waals surface area (Å²) in [6.45, 7) is 5.03. The van der Waals surface area contributed by atoms with Crippen molar-refractivity contribution in [2.24, 2.45) is 5.92 Å². The Hall–Kier alpha value is -0.690. The Bertz CT molecular complexity index is 213. The highest BCUT2D eigenvalue weighted by atomic mass is 32.2. The third-order valence-electron chi connectivity index (χ3n) is 1.97. The topological polar surface area (TPSA) is 44.1 Å². The molecule has 4 heteroatoms. The molecule has 0 aromatic rings. The molecule has 0 radical (unpaired) electrons. The lowest BCUT2D eigenvalue weighted by molar-refractivity contribution is -0.130. The smallest absolute Gasteiger partial charge is 0.223 e. The molecule has 3 nitrogen and oxygen atoms in total. The van der Waals surface area contributed by atoms with Gasteiger partial charge in [-0.25, -0.2) is 0 Å². The fraction of sp³-hybridized carbons (Fsp3) is 0.800. The molecule has 0 fully saturated rings. The van der Waals surface area contributed by atoms with Crippen molar-refractivity contribution in [3.05, 3.63) is 0 Å². The van der Waals surface area contributed by atoms with Crippen LogP contribution in [0.5, 0.6) is 0 Å². The molecule has 80 valence electrons. The first-order chi connectivity index (χ1) is 6.65. The number of hydrogen-bond donors (Lipinski definition) is 0. The molecular formula is C10H18N2OS. The molecule has 14 heavy (non-hydrogen) atoms. The molecule has 0 N–H and O–H groups in total. The lowest BCUT2D eigenvalue weighted by Gasteiger charge is -2.21. The number of rotatable bonds is 6. The van der Waals surface area contributed by atoms with Crippen molar-refractivity contribution >= 4 is 17.7 Å². The van der Waals surface area contributed by atoms with Gasteiger partial charge in [0.05, 0.1) is 12.0 Å². The Labute approximate surface area is 90.5 Å². The van der Waals surface area contributed by atoms with Gasteiger partial charge in [0.1, 0.15) is 0 Å². The van der Waals surface area contributed by atoms with Crippen molar-refractivity contribution in [3.63, 3.8) is 0 Å². The van der Waals surface area contributed by atoms with E-state index >= 15 is 0 Å². The first kappa shape index (κ1) is 13.3. The largest absolute Gasteiger partial charge is 0.342 e. The molecule has 0 aliphatic heterocycles. The van der Waals surface area contributed by atoms with E-state index < -0.39 is 0 Å². The van der Waals surface area contributed by atoms with Gasteiger partial charge in [-0.2, -0.15) is 17.0 Å². The van der Waals surface area contributed by atoms with E-state index in [2.05, 4.69) is 6.07 Å². The van der Waals surface area contributed by atoms with Crippen LogP contribution in [0.3, 0.4) is 0 Å². The van der Waals surface area contributed by atoms with Crippen molar-refractivity contribution < 1.29 is 4.79 Å². The molecule has 1 unspecified atom stereocenters. The van der Waals surface area contributed by atoms with Gasteiger partial charge in [-0.05, 0) is 20.1 Å². The van der Waals surface area contributed by atoms with Crippen LogP contribution >= 0.6 is 11.8 Å². The molecule has 0 aliphatic rings. The SMILES string of the molecule is CCN(CC(C)C#N)C(=O)CCSC. The Balaban J connectivity index is 4.00. The number of nitriles is 1. The monoisotopic (exact) mass is 214 g/mol. The van der Waals surface area contributed by atoms with Crippen molar-refractivity contribution in [3.8, 4) is 6.07 Å². The van der Waals surface area contributed by atoms with Crippen LogP contribution in [0.1, 0.15) is 20.3 Å². The van der Waals surface area contributed by atoms with Crippen LogP contribution in [0, 0.1) is 17.2 Å². The lowest BCUT2D eigenvalue weighted by atomic mass is 10.2. The van der Waals surface area contributed by atoms with E-state index in [1.54, 1.807) is 16.7 Å². The summed E-state index contributed by atoms with van der Waals surface area (Å²) in [6, 6.07) is 2.14. The average molecular weight is 214 g/mol. The van der Waals surface area contributed by atoms with E-state index in [4.69, 9.17) is 5.26 Å². The van der Waals surface area contributed by atoms with Crippen LogP contribution in [0.25, 0.3) is 0 Å². The van der Waals surface area contributed by atoms with Crippen LogP contribution in [0.2, 0.25) is 0 Å². The molecule has 0 aromatic carbocycles. The molecule has 0 aliphatic carbocycles. The standard InChI is InChI=1S/C10H18N2OS/c1-4-12(8-9(2)7-11)10(13)5-6-14-3/h9H,4-6,8H2,1-3H3. The van der Waals surface area contributed by atoms with Crippen LogP contribution < -0.4 is 0 Å². The number of carbonyl (C=O) groups excluding carboxylic acids is 1. The zero-order valence-corrected chi connectivity index (χ0v) is 9.93. The second-order valence-electron chi connectivity index (χ2n) is 3.21. The quantitative estimate of drug-likeness (QED) is 0.676. The van der Waals surface area contributed by atoms with Crippen molar-refractivity contribution in [1.82, 2.24) is 4.90 Å². The Kier molecular flexibility index (Phi) is 7.31. The van der Waals surface area contributed by atoms with Crippen molar-refractivity contribution in [2.75, 3.05) is 25.1 Å². The molecule has 0 spiro atoms. The maximum atomic E-state index is 11.6. The minimum Gasteiger partial charge on any atom is -0.342 e. The first-order valence-electron chi connectivity index (χ1n) is 4.82. The summed E-state index contributed by atoms with van der Waals surface area (Å²) in [5.74, 6) is 0.938. The van der Waals surface area contributed by atoms with E-state index in [-0.39, 0.29) is 11.8 Å². The zero-order valence-electron chi connectivity index (χ0n) is 9.12. The summed E-state index contributed by atoms with van der Waals surface area (Å²) < 4.78 is 0. The van der Waals surface area contributed by atoms with E-state index in [0.717, 1.165) is 5.75 Å². The highest BCUT2D eigenvalue weighted by Gasteiger charge is 2.13. The summed E-state index contributed by atoms with van der Waals surface area (Å²) in [7, 11) is 0. The van der Waals surface area contributed by atoms with Crippen molar-refractivity contribution in [1.29, 1.82) is 5.26 Å². The third-order valence-corrected chi connectivity index (χ3v) is 2.58.